The maximum absolute atomic E-state index is 6.09. The lowest BCUT2D eigenvalue weighted by Crippen LogP contribution is -2.28. The summed E-state index contributed by atoms with van der Waals surface area (Å²) in [5, 5.41) is 4.30. The minimum atomic E-state index is 0.552. The van der Waals surface area contributed by atoms with Gasteiger partial charge in [0.25, 0.3) is 0 Å². The van der Waals surface area contributed by atoms with Gasteiger partial charge in [-0.25, -0.2) is 0 Å². The molecule has 1 aromatic rings. The highest BCUT2D eigenvalue weighted by Crippen LogP contribution is 2.35. The van der Waals surface area contributed by atoms with Gasteiger partial charge in [0.05, 0.1) is 11.4 Å². The van der Waals surface area contributed by atoms with Crippen molar-refractivity contribution in [2.24, 2.45) is 0 Å². The van der Waals surface area contributed by atoms with Gasteiger partial charge < -0.3 is 10.2 Å². The largest absolute Gasteiger partial charge is 0.383 e. The number of hydrogen-bond acceptors (Lipinski definition) is 2. The second-order valence-electron chi connectivity index (χ2n) is 4.29. The van der Waals surface area contributed by atoms with Gasteiger partial charge in [-0.05, 0) is 38.0 Å². The highest BCUT2D eigenvalue weighted by atomic mass is 35.5. The predicted molar refractivity (Wildman–Crippen MR) is 67.2 cm³/mol. The maximum atomic E-state index is 6.09. The van der Waals surface area contributed by atoms with E-state index < -0.39 is 0 Å². The number of fused-ring (bicyclic) bond motifs is 1. The van der Waals surface area contributed by atoms with Gasteiger partial charge in [-0.1, -0.05) is 11.6 Å². The van der Waals surface area contributed by atoms with Crippen LogP contribution in [0.3, 0.4) is 0 Å². The van der Waals surface area contributed by atoms with E-state index in [2.05, 4.69) is 31.1 Å². The molecule has 0 spiro atoms. The smallest absolute Gasteiger partial charge is 0.0619 e. The van der Waals surface area contributed by atoms with E-state index in [4.69, 9.17) is 11.6 Å². The molecule has 1 aliphatic heterocycles. The molecule has 1 unspecified atom stereocenters. The number of nitrogens with zero attached hydrogens (tertiary/aromatic N) is 1. The van der Waals surface area contributed by atoms with Gasteiger partial charge in [-0.3, -0.25) is 0 Å². The Kier molecular flexibility index (Phi) is 2.79. The highest BCUT2D eigenvalue weighted by molar-refractivity contribution is 6.31. The molecule has 1 aliphatic rings. The standard InChI is InChI=1S/C12H17ClN2/c1-8-6-10(13)7-11-12(8)14-5-4-9(2)15(11)3/h6-7,9,14H,4-5H2,1-3H3. The number of benzene rings is 1. The Bertz CT molecular complexity index is 376. The Labute approximate surface area is 96.2 Å². The first-order valence-corrected chi connectivity index (χ1v) is 5.74. The van der Waals surface area contributed by atoms with Gasteiger partial charge in [-0.2, -0.15) is 0 Å². The van der Waals surface area contributed by atoms with Gasteiger partial charge in [0.2, 0.25) is 0 Å². The van der Waals surface area contributed by atoms with Crippen molar-refractivity contribution in [3.8, 4) is 0 Å². The third kappa shape index (κ3) is 1.91. The summed E-state index contributed by atoms with van der Waals surface area (Å²) in [6, 6.07) is 4.60. The summed E-state index contributed by atoms with van der Waals surface area (Å²) in [5.41, 5.74) is 3.66. The van der Waals surface area contributed by atoms with Gasteiger partial charge in [0, 0.05) is 24.7 Å². The Morgan fingerprint density at radius 1 is 1.47 bits per heavy atom. The summed E-state index contributed by atoms with van der Waals surface area (Å²) in [6.07, 6.45) is 1.15. The average Bonchev–Trinajstić information content (AvgIpc) is 2.30. The number of nitrogens with one attached hydrogen (secondary N) is 1. The van der Waals surface area contributed by atoms with Crippen LogP contribution >= 0.6 is 11.6 Å². The molecule has 0 amide bonds. The maximum Gasteiger partial charge on any atom is 0.0619 e. The van der Waals surface area contributed by atoms with E-state index in [0.29, 0.717) is 6.04 Å². The van der Waals surface area contributed by atoms with Gasteiger partial charge >= 0.3 is 0 Å². The third-order valence-electron chi connectivity index (χ3n) is 3.18. The summed E-state index contributed by atoms with van der Waals surface area (Å²) in [5.74, 6) is 0. The molecule has 0 saturated heterocycles. The zero-order valence-corrected chi connectivity index (χ0v) is 10.2. The summed E-state index contributed by atoms with van der Waals surface area (Å²) >= 11 is 6.09. The van der Waals surface area contributed by atoms with Crippen molar-refractivity contribution in [2.75, 3.05) is 23.8 Å². The SMILES string of the molecule is Cc1cc(Cl)cc2c1NCCC(C)N2C. The zero-order chi connectivity index (χ0) is 11.0. The van der Waals surface area contributed by atoms with Crippen LogP contribution in [0.5, 0.6) is 0 Å². The van der Waals surface area contributed by atoms with Crippen LogP contribution in [0.2, 0.25) is 5.02 Å². The Balaban J connectivity index is 2.53. The molecule has 15 heavy (non-hydrogen) atoms. The molecule has 0 saturated carbocycles. The molecular weight excluding hydrogens is 208 g/mol. The van der Waals surface area contributed by atoms with E-state index >= 15 is 0 Å². The van der Waals surface area contributed by atoms with E-state index in [1.54, 1.807) is 0 Å². The van der Waals surface area contributed by atoms with Crippen LogP contribution in [0.1, 0.15) is 18.9 Å². The van der Waals surface area contributed by atoms with Crippen LogP contribution in [-0.2, 0) is 0 Å². The van der Waals surface area contributed by atoms with Crippen LogP contribution < -0.4 is 10.2 Å². The number of hydrogen-bond donors (Lipinski definition) is 1. The van der Waals surface area contributed by atoms with Crippen molar-refractivity contribution < 1.29 is 0 Å². The summed E-state index contributed by atoms with van der Waals surface area (Å²) < 4.78 is 0. The van der Waals surface area contributed by atoms with Crippen LogP contribution in [0.25, 0.3) is 0 Å². The first kappa shape index (κ1) is 10.6. The van der Waals surface area contributed by atoms with E-state index in [1.807, 2.05) is 12.1 Å². The van der Waals surface area contributed by atoms with E-state index in [0.717, 1.165) is 18.0 Å². The molecule has 0 aliphatic carbocycles. The Hall–Kier alpha value is -0.890. The predicted octanol–water partition coefficient (Wildman–Crippen LogP) is 3.29. The summed E-state index contributed by atoms with van der Waals surface area (Å²) in [4.78, 5) is 2.30. The second kappa shape index (κ2) is 3.93. The lowest BCUT2D eigenvalue weighted by Gasteiger charge is -2.26. The molecule has 1 heterocycles. The number of anilines is 2. The molecule has 0 aromatic heterocycles. The number of halogens is 1. The second-order valence-corrected chi connectivity index (χ2v) is 4.73. The minimum Gasteiger partial charge on any atom is -0.383 e. The molecule has 1 aromatic carbocycles. The number of aryl methyl sites for hydroxylation is 1. The molecule has 82 valence electrons. The van der Waals surface area contributed by atoms with Crippen molar-refractivity contribution in [3.05, 3.63) is 22.7 Å². The van der Waals surface area contributed by atoms with Crippen molar-refractivity contribution in [1.29, 1.82) is 0 Å². The van der Waals surface area contributed by atoms with Crippen LogP contribution in [-0.4, -0.2) is 19.6 Å². The number of rotatable bonds is 0. The highest BCUT2D eigenvalue weighted by Gasteiger charge is 2.19. The third-order valence-corrected chi connectivity index (χ3v) is 3.40. The van der Waals surface area contributed by atoms with Crippen molar-refractivity contribution in [3.63, 3.8) is 0 Å². The molecule has 1 N–H and O–H groups in total. The Morgan fingerprint density at radius 2 is 2.20 bits per heavy atom. The molecule has 2 rings (SSSR count). The minimum absolute atomic E-state index is 0.552. The van der Waals surface area contributed by atoms with E-state index in [-0.39, 0.29) is 0 Å². The normalized spacial score (nSPS) is 20.5. The molecule has 0 bridgehead atoms. The van der Waals surface area contributed by atoms with Gasteiger partial charge in [-0.15, -0.1) is 0 Å². The van der Waals surface area contributed by atoms with Gasteiger partial charge in [0.1, 0.15) is 0 Å². The quantitative estimate of drug-likeness (QED) is 0.728. The van der Waals surface area contributed by atoms with Crippen LogP contribution in [0.4, 0.5) is 11.4 Å². The fraction of sp³-hybridized carbons (Fsp3) is 0.500. The molecule has 0 fully saturated rings. The summed E-state index contributed by atoms with van der Waals surface area (Å²) in [6.45, 7) is 5.37. The van der Waals surface area contributed by atoms with E-state index in [9.17, 15) is 0 Å². The van der Waals surface area contributed by atoms with Crippen LogP contribution in [0, 0.1) is 6.92 Å². The van der Waals surface area contributed by atoms with Crippen molar-refractivity contribution in [1.82, 2.24) is 0 Å². The Morgan fingerprint density at radius 3 is 2.93 bits per heavy atom. The molecule has 0 radical (unpaired) electrons. The fourth-order valence-electron chi connectivity index (χ4n) is 2.07. The lowest BCUT2D eigenvalue weighted by atomic mass is 10.1. The lowest BCUT2D eigenvalue weighted by molar-refractivity contribution is 0.657. The molecule has 1 atom stereocenters. The average molecular weight is 225 g/mol. The van der Waals surface area contributed by atoms with Crippen molar-refractivity contribution in [2.45, 2.75) is 26.3 Å². The van der Waals surface area contributed by atoms with Crippen molar-refractivity contribution >= 4 is 23.0 Å². The van der Waals surface area contributed by atoms with E-state index in [1.165, 1.54) is 16.9 Å². The first-order chi connectivity index (χ1) is 7.09. The molecule has 2 nitrogen and oxygen atoms in total. The molecular formula is C12H17ClN2. The van der Waals surface area contributed by atoms with Crippen LogP contribution in [0.15, 0.2) is 12.1 Å². The topological polar surface area (TPSA) is 15.3 Å². The van der Waals surface area contributed by atoms with Gasteiger partial charge in [0.15, 0.2) is 0 Å². The summed E-state index contributed by atoms with van der Waals surface area (Å²) in [7, 11) is 2.13. The zero-order valence-electron chi connectivity index (χ0n) is 9.47. The monoisotopic (exact) mass is 224 g/mol. The molecule has 3 heteroatoms. The first-order valence-electron chi connectivity index (χ1n) is 5.36. The fourth-order valence-corrected chi connectivity index (χ4v) is 2.34.